The molecular formula is C23H30N2O2. The van der Waals surface area contributed by atoms with Crippen LogP contribution in [-0.2, 0) is 4.79 Å². The number of piperidine rings is 1. The Labute approximate surface area is 162 Å². The molecule has 0 aliphatic carbocycles. The molecule has 2 aromatic carbocycles. The molecular weight excluding hydrogens is 336 g/mol. The highest BCUT2D eigenvalue weighted by Gasteiger charge is 2.19. The molecule has 0 bridgehead atoms. The zero-order chi connectivity index (χ0) is 19.2. The van der Waals surface area contributed by atoms with Gasteiger partial charge in [-0.25, -0.2) is 0 Å². The minimum absolute atomic E-state index is 0.108. The first-order valence-electron chi connectivity index (χ1n) is 9.96. The summed E-state index contributed by atoms with van der Waals surface area (Å²) in [5.74, 6) is 0.659. The van der Waals surface area contributed by atoms with Gasteiger partial charge < -0.3 is 15.0 Å². The van der Waals surface area contributed by atoms with Crippen LogP contribution in [-0.4, -0.2) is 25.1 Å². The van der Waals surface area contributed by atoms with Gasteiger partial charge in [0.25, 0.3) is 5.91 Å². The van der Waals surface area contributed by atoms with Crippen LogP contribution in [0.1, 0.15) is 43.7 Å². The highest BCUT2D eigenvalue weighted by Crippen LogP contribution is 2.23. The van der Waals surface area contributed by atoms with E-state index in [-0.39, 0.29) is 5.91 Å². The number of aryl methyl sites for hydroxylation is 2. The van der Waals surface area contributed by atoms with Gasteiger partial charge in [-0.1, -0.05) is 24.6 Å². The second-order valence-electron chi connectivity index (χ2n) is 7.37. The number of hydrogen-bond donors (Lipinski definition) is 1. The number of benzene rings is 2. The maximum atomic E-state index is 12.7. The third-order valence-corrected chi connectivity index (χ3v) is 5.12. The van der Waals surface area contributed by atoms with E-state index < -0.39 is 6.10 Å². The van der Waals surface area contributed by atoms with Gasteiger partial charge in [0.2, 0.25) is 0 Å². The molecule has 144 valence electrons. The first-order valence-corrected chi connectivity index (χ1v) is 9.96. The molecule has 1 fully saturated rings. The maximum absolute atomic E-state index is 12.7. The molecule has 1 heterocycles. The predicted molar refractivity (Wildman–Crippen MR) is 112 cm³/mol. The van der Waals surface area contributed by atoms with Crippen LogP contribution in [0.25, 0.3) is 0 Å². The molecule has 1 aliphatic rings. The zero-order valence-corrected chi connectivity index (χ0v) is 16.6. The van der Waals surface area contributed by atoms with Crippen LogP contribution in [0.5, 0.6) is 5.75 Å². The highest BCUT2D eigenvalue weighted by atomic mass is 16.5. The third-order valence-electron chi connectivity index (χ3n) is 5.12. The molecule has 1 amide bonds. The molecule has 4 nitrogen and oxygen atoms in total. The monoisotopic (exact) mass is 366 g/mol. The molecule has 0 aromatic heterocycles. The minimum atomic E-state index is -0.506. The summed E-state index contributed by atoms with van der Waals surface area (Å²) < 4.78 is 5.98. The summed E-state index contributed by atoms with van der Waals surface area (Å²) in [6.07, 6.45) is 3.95. The van der Waals surface area contributed by atoms with Gasteiger partial charge in [0.1, 0.15) is 5.75 Å². The summed E-state index contributed by atoms with van der Waals surface area (Å²) >= 11 is 0. The normalized spacial score (nSPS) is 15.3. The average Bonchev–Trinajstić information content (AvgIpc) is 2.68. The van der Waals surface area contributed by atoms with Gasteiger partial charge in [-0.3, -0.25) is 4.79 Å². The molecule has 27 heavy (non-hydrogen) atoms. The standard InChI is InChI=1S/C23H30N2O2/c1-4-21(27-22-13-8-17(2)16-18(22)3)23(26)24-19-9-11-20(12-10-19)25-14-6-5-7-15-25/h8-13,16,21H,4-7,14-15H2,1-3H3,(H,24,26). The maximum Gasteiger partial charge on any atom is 0.265 e. The van der Waals surface area contributed by atoms with Crippen LogP contribution in [0.4, 0.5) is 11.4 Å². The van der Waals surface area contributed by atoms with Crippen molar-refractivity contribution in [3.8, 4) is 5.75 Å². The van der Waals surface area contributed by atoms with E-state index in [1.54, 1.807) is 0 Å². The number of anilines is 2. The molecule has 4 heteroatoms. The second-order valence-corrected chi connectivity index (χ2v) is 7.37. The topological polar surface area (TPSA) is 41.6 Å². The van der Waals surface area contributed by atoms with Crippen LogP contribution in [0.3, 0.4) is 0 Å². The van der Waals surface area contributed by atoms with Crippen molar-refractivity contribution in [2.75, 3.05) is 23.3 Å². The Morgan fingerprint density at radius 1 is 1.07 bits per heavy atom. The summed E-state index contributed by atoms with van der Waals surface area (Å²) in [6.45, 7) is 8.26. The number of rotatable bonds is 6. The van der Waals surface area contributed by atoms with Gasteiger partial charge in [-0.05, 0) is 75.4 Å². The fourth-order valence-corrected chi connectivity index (χ4v) is 3.54. The van der Waals surface area contributed by atoms with Crippen molar-refractivity contribution in [1.29, 1.82) is 0 Å². The highest BCUT2D eigenvalue weighted by molar-refractivity contribution is 5.94. The average molecular weight is 367 g/mol. The van der Waals surface area contributed by atoms with Gasteiger partial charge in [-0.2, -0.15) is 0 Å². The summed E-state index contributed by atoms with van der Waals surface area (Å²) in [7, 11) is 0. The van der Waals surface area contributed by atoms with E-state index in [4.69, 9.17) is 4.74 Å². The van der Waals surface area contributed by atoms with Crippen molar-refractivity contribution in [2.45, 2.75) is 52.6 Å². The van der Waals surface area contributed by atoms with Gasteiger partial charge >= 0.3 is 0 Å². The van der Waals surface area contributed by atoms with E-state index >= 15 is 0 Å². The van der Waals surface area contributed by atoms with Crippen molar-refractivity contribution in [3.05, 3.63) is 53.6 Å². The molecule has 0 radical (unpaired) electrons. The number of carbonyl (C=O) groups is 1. The Balaban J connectivity index is 1.62. The quantitative estimate of drug-likeness (QED) is 0.774. The minimum Gasteiger partial charge on any atom is -0.480 e. The summed E-state index contributed by atoms with van der Waals surface area (Å²) in [5, 5.41) is 2.99. The summed E-state index contributed by atoms with van der Waals surface area (Å²) in [4.78, 5) is 15.1. The fraction of sp³-hybridized carbons (Fsp3) is 0.435. The van der Waals surface area contributed by atoms with E-state index in [9.17, 15) is 4.79 Å². The molecule has 1 aliphatic heterocycles. The number of amides is 1. The van der Waals surface area contributed by atoms with Crippen molar-refractivity contribution >= 4 is 17.3 Å². The summed E-state index contributed by atoms with van der Waals surface area (Å²) in [6, 6.07) is 14.1. The molecule has 1 unspecified atom stereocenters. The number of ether oxygens (including phenoxy) is 1. The Morgan fingerprint density at radius 3 is 2.41 bits per heavy atom. The predicted octanol–water partition coefficient (Wildman–Crippen LogP) is 5.09. The Hall–Kier alpha value is -2.49. The Bertz CT molecular complexity index is 764. The molecule has 3 rings (SSSR count). The number of hydrogen-bond acceptors (Lipinski definition) is 3. The molecule has 1 N–H and O–H groups in total. The van der Waals surface area contributed by atoms with Crippen LogP contribution in [0, 0.1) is 13.8 Å². The van der Waals surface area contributed by atoms with E-state index in [0.717, 1.165) is 30.1 Å². The summed E-state index contributed by atoms with van der Waals surface area (Å²) in [5.41, 5.74) is 4.27. The van der Waals surface area contributed by atoms with Gasteiger partial charge in [0.05, 0.1) is 0 Å². The van der Waals surface area contributed by atoms with Crippen LogP contribution < -0.4 is 15.0 Å². The SMILES string of the molecule is CCC(Oc1ccc(C)cc1C)C(=O)Nc1ccc(N2CCCCC2)cc1. The van der Waals surface area contributed by atoms with Gasteiger partial charge in [0, 0.05) is 24.5 Å². The molecule has 1 saturated heterocycles. The van der Waals surface area contributed by atoms with E-state index in [0.29, 0.717) is 6.42 Å². The second kappa shape index (κ2) is 8.94. The first kappa shape index (κ1) is 19.3. The lowest BCUT2D eigenvalue weighted by Crippen LogP contribution is -2.32. The van der Waals surface area contributed by atoms with Crippen LogP contribution in [0.15, 0.2) is 42.5 Å². The Kier molecular flexibility index (Phi) is 6.38. The Morgan fingerprint density at radius 2 is 1.78 bits per heavy atom. The third kappa shape index (κ3) is 5.03. The smallest absolute Gasteiger partial charge is 0.265 e. The largest absolute Gasteiger partial charge is 0.480 e. The van der Waals surface area contributed by atoms with Crippen molar-refractivity contribution in [3.63, 3.8) is 0 Å². The number of nitrogens with zero attached hydrogens (tertiary/aromatic N) is 1. The molecule has 0 saturated carbocycles. The number of carbonyl (C=O) groups excluding carboxylic acids is 1. The zero-order valence-electron chi connectivity index (χ0n) is 16.6. The van der Waals surface area contributed by atoms with Crippen molar-refractivity contribution < 1.29 is 9.53 Å². The van der Waals surface area contributed by atoms with Gasteiger partial charge in [0.15, 0.2) is 6.10 Å². The van der Waals surface area contributed by atoms with E-state index in [1.807, 2.05) is 45.0 Å². The van der Waals surface area contributed by atoms with Crippen LogP contribution in [0.2, 0.25) is 0 Å². The first-order chi connectivity index (χ1) is 13.1. The lowest BCUT2D eigenvalue weighted by atomic mass is 10.1. The van der Waals surface area contributed by atoms with Crippen LogP contribution >= 0.6 is 0 Å². The lowest BCUT2D eigenvalue weighted by Gasteiger charge is -2.29. The lowest BCUT2D eigenvalue weighted by molar-refractivity contribution is -0.122. The molecule has 1 atom stereocenters. The molecule has 2 aromatic rings. The molecule has 0 spiro atoms. The van der Waals surface area contributed by atoms with Gasteiger partial charge in [-0.15, -0.1) is 0 Å². The number of nitrogens with one attached hydrogen (secondary N) is 1. The fourth-order valence-electron chi connectivity index (χ4n) is 3.54. The van der Waals surface area contributed by atoms with E-state index in [1.165, 1.54) is 30.5 Å². The van der Waals surface area contributed by atoms with Crippen molar-refractivity contribution in [1.82, 2.24) is 0 Å². The van der Waals surface area contributed by atoms with E-state index in [2.05, 4.69) is 28.4 Å². The van der Waals surface area contributed by atoms with Crippen molar-refractivity contribution in [2.24, 2.45) is 0 Å².